The third-order valence-corrected chi connectivity index (χ3v) is 6.25. The lowest BCUT2D eigenvalue weighted by Gasteiger charge is -2.29. The molecular weight excluding hydrogens is 492 g/mol. The van der Waals surface area contributed by atoms with E-state index in [0.717, 1.165) is 35.4 Å². The number of halogens is 1. The van der Waals surface area contributed by atoms with Gasteiger partial charge in [0.05, 0.1) is 37.2 Å². The monoisotopic (exact) mass is 518 g/mol. The van der Waals surface area contributed by atoms with Crippen LogP contribution in [0.2, 0.25) is 5.02 Å². The van der Waals surface area contributed by atoms with Gasteiger partial charge in [0.2, 0.25) is 11.9 Å². The fraction of sp³-hybridized carbons (Fsp3) is 0.222. The lowest BCUT2D eigenvalue weighted by atomic mass is 10.2. The summed E-state index contributed by atoms with van der Waals surface area (Å²) in [4.78, 5) is 23.0. The van der Waals surface area contributed by atoms with Gasteiger partial charge in [0.1, 0.15) is 10.8 Å². The average Bonchev–Trinajstić information content (AvgIpc) is 3.34. The molecule has 0 atom stereocenters. The highest BCUT2D eigenvalue weighted by molar-refractivity contribution is 6.32. The van der Waals surface area contributed by atoms with Gasteiger partial charge in [0, 0.05) is 42.1 Å². The summed E-state index contributed by atoms with van der Waals surface area (Å²) >= 11 is 6.52. The first-order valence-corrected chi connectivity index (χ1v) is 12.4. The van der Waals surface area contributed by atoms with E-state index in [-0.39, 0.29) is 5.91 Å². The number of amides is 1. The Morgan fingerprint density at radius 3 is 2.84 bits per heavy atom. The summed E-state index contributed by atoms with van der Waals surface area (Å²) in [6.07, 6.45) is 4.68. The van der Waals surface area contributed by atoms with Gasteiger partial charge in [-0.1, -0.05) is 18.2 Å². The summed E-state index contributed by atoms with van der Waals surface area (Å²) in [6, 6.07) is 13.6. The fourth-order valence-corrected chi connectivity index (χ4v) is 4.40. The van der Waals surface area contributed by atoms with Crippen molar-refractivity contribution in [2.24, 2.45) is 0 Å². The highest BCUT2D eigenvalue weighted by atomic mass is 35.5. The number of ether oxygens (including phenoxy) is 2. The molecule has 1 amide bonds. The van der Waals surface area contributed by atoms with Crippen molar-refractivity contribution in [2.45, 2.75) is 6.92 Å². The summed E-state index contributed by atoms with van der Waals surface area (Å²) in [5.41, 5.74) is 3.40. The van der Waals surface area contributed by atoms with Crippen LogP contribution in [0.25, 0.3) is 16.7 Å². The molecule has 10 heteroatoms. The number of rotatable bonds is 8. The van der Waals surface area contributed by atoms with Crippen LogP contribution in [0.15, 0.2) is 67.5 Å². The smallest absolute Gasteiger partial charge is 0.247 e. The van der Waals surface area contributed by atoms with Gasteiger partial charge in [-0.05, 0) is 49.4 Å². The van der Waals surface area contributed by atoms with Crippen molar-refractivity contribution < 1.29 is 14.3 Å². The molecule has 2 aromatic heterocycles. The Morgan fingerprint density at radius 1 is 1.22 bits per heavy atom. The van der Waals surface area contributed by atoms with Crippen LogP contribution in [-0.4, -0.2) is 53.4 Å². The van der Waals surface area contributed by atoms with Crippen molar-refractivity contribution in [2.75, 3.05) is 48.4 Å². The summed E-state index contributed by atoms with van der Waals surface area (Å²) < 4.78 is 13.3. The Morgan fingerprint density at radius 2 is 2.05 bits per heavy atom. The number of carbonyl (C=O) groups is 1. The second-order valence-corrected chi connectivity index (χ2v) is 8.76. The normalized spacial score (nSPS) is 13.4. The van der Waals surface area contributed by atoms with E-state index in [0.29, 0.717) is 48.0 Å². The molecule has 1 aliphatic heterocycles. The van der Waals surface area contributed by atoms with Gasteiger partial charge < -0.3 is 25.0 Å². The summed E-state index contributed by atoms with van der Waals surface area (Å²) in [5.74, 6) is 1.36. The molecule has 0 radical (unpaired) electrons. The van der Waals surface area contributed by atoms with E-state index in [9.17, 15) is 4.79 Å². The number of carbonyl (C=O) groups excluding carboxylic acids is 1. The number of fused-ring (bicyclic) bond motifs is 1. The van der Waals surface area contributed by atoms with E-state index in [2.05, 4.69) is 33.2 Å². The zero-order chi connectivity index (χ0) is 25.8. The number of hydrogen-bond donors (Lipinski definition) is 2. The van der Waals surface area contributed by atoms with Crippen LogP contribution >= 0.6 is 11.6 Å². The lowest BCUT2D eigenvalue weighted by molar-refractivity contribution is -0.111. The van der Waals surface area contributed by atoms with E-state index < -0.39 is 0 Å². The Hall–Kier alpha value is -4.08. The Kier molecular flexibility index (Phi) is 7.25. The molecule has 0 saturated carbocycles. The molecule has 37 heavy (non-hydrogen) atoms. The molecule has 0 spiro atoms. The van der Waals surface area contributed by atoms with Gasteiger partial charge in [-0.3, -0.25) is 9.36 Å². The quantitative estimate of drug-likeness (QED) is 0.310. The minimum absolute atomic E-state index is 0.266. The number of nitrogens with zero attached hydrogens (tertiary/aromatic N) is 4. The second kappa shape index (κ2) is 10.9. The van der Waals surface area contributed by atoms with Gasteiger partial charge in [-0.15, -0.1) is 0 Å². The van der Waals surface area contributed by atoms with Crippen molar-refractivity contribution in [3.05, 3.63) is 72.5 Å². The number of morpholine rings is 1. The first-order valence-electron chi connectivity index (χ1n) is 12.0. The Balaban J connectivity index is 1.43. The van der Waals surface area contributed by atoms with Crippen LogP contribution in [0.5, 0.6) is 5.75 Å². The zero-order valence-electron chi connectivity index (χ0n) is 20.4. The van der Waals surface area contributed by atoms with Crippen molar-refractivity contribution >= 4 is 51.4 Å². The van der Waals surface area contributed by atoms with Crippen molar-refractivity contribution in [3.8, 4) is 11.6 Å². The molecule has 1 fully saturated rings. The molecule has 3 heterocycles. The molecule has 0 unspecified atom stereocenters. The zero-order valence-corrected chi connectivity index (χ0v) is 21.2. The van der Waals surface area contributed by atoms with Gasteiger partial charge in [-0.25, -0.2) is 4.98 Å². The van der Waals surface area contributed by atoms with E-state index in [4.69, 9.17) is 26.1 Å². The molecule has 9 nitrogen and oxygen atoms in total. The van der Waals surface area contributed by atoms with Crippen LogP contribution in [0, 0.1) is 0 Å². The Labute approximate surface area is 219 Å². The van der Waals surface area contributed by atoms with Crippen molar-refractivity contribution in [3.63, 3.8) is 0 Å². The van der Waals surface area contributed by atoms with Gasteiger partial charge in [0.15, 0.2) is 5.82 Å². The van der Waals surface area contributed by atoms with Crippen molar-refractivity contribution in [1.82, 2.24) is 14.5 Å². The van der Waals surface area contributed by atoms with E-state index >= 15 is 0 Å². The molecule has 2 aromatic carbocycles. The summed E-state index contributed by atoms with van der Waals surface area (Å²) in [5, 5.41) is 7.38. The molecule has 0 bridgehead atoms. The second-order valence-electron chi connectivity index (χ2n) is 8.36. The molecule has 5 rings (SSSR count). The minimum atomic E-state index is -0.266. The topological polar surface area (TPSA) is 93.5 Å². The number of anilines is 4. The number of benzene rings is 2. The third kappa shape index (κ3) is 5.37. The van der Waals surface area contributed by atoms with Crippen LogP contribution in [0.4, 0.5) is 23.0 Å². The standard InChI is InChI=1S/C27H27ClN6O3/c1-3-25(35)30-19-5-8-23-18(15-19)9-10-34(23)26-21(28)17-29-27(32-26)31-22-7-6-20(16-24(22)37-4-2)33-11-13-36-14-12-33/h3,5-10,15-17H,1,4,11-14H2,2H3,(H,30,35)(H,29,31,32). The SMILES string of the molecule is C=CC(=O)Nc1ccc2c(ccn2-c2nc(Nc3ccc(N4CCOCC4)cc3OCC)ncc2Cl)c1. The highest BCUT2D eigenvalue weighted by Crippen LogP contribution is 2.33. The predicted octanol–water partition coefficient (Wildman–Crippen LogP) is 5.18. The minimum Gasteiger partial charge on any atom is -0.492 e. The molecule has 2 N–H and O–H groups in total. The maximum Gasteiger partial charge on any atom is 0.247 e. The summed E-state index contributed by atoms with van der Waals surface area (Å²) in [7, 11) is 0. The first kappa shape index (κ1) is 24.6. The summed E-state index contributed by atoms with van der Waals surface area (Å²) in [6.45, 7) is 9.07. The van der Waals surface area contributed by atoms with Crippen LogP contribution < -0.4 is 20.3 Å². The predicted molar refractivity (Wildman–Crippen MR) is 147 cm³/mol. The molecular formula is C27H27ClN6O3. The lowest BCUT2D eigenvalue weighted by Crippen LogP contribution is -2.36. The number of nitrogens with one attached hydrogen (secondary N) is 2. The average molecular weight is 519 g/mol. The van der Waals surface area contributed by atoms with Gasteiger partial charge >= 0.3 is 0 Å². The van der Waals surface area contributed by atoms with E-state index in [1.165, 1.54) is 6.08 Å². The van der Waals surface area contributed by atoms with E-state index in [1.807, 2.05) is 54.1 Å². The fourth-order valence-electron chi connectivity index (χ4n) is 4.21. The van der Waals surface area contributed by atoms with Crippen LogP contribution in [-0.2, 0) is 9.53 Å². The molecule has 1 aliphatic rings. The largest absolute Gasteiger partial charge is 0.492 e. The molecule has 1 saturated heterocycles. The van der Waals surface area contributed by atoms with Crippen molar-refractivity contribution in [1.29, 1.82) is 0 Å². The highest BCUT2D eigenvalue weighted by Gasteiger charge is 2.16. The number of aromatic nitrogens is 3. The van der Waals surface area contributed by atoms with Crippen LogP contribution in [0.3, 0.4) is 0 Å². The third-order valence-electron chi connectivity index (χ3n) is 5.98. The maximum atomic E-state index is 11.6. The maximum absolute atomic E-state index is 11.6. The van der Waals surface area contributed by atoms with Gasteiger partial charge in [0.25, 0.3) is 0 Å². The number of hydrogen-bond acceptors (Lipinski definition) is 7. The molecule has 0 aliphatic carbocycles. The van der Waals surface area contributed by atoms with Crippen LogP contribution in [0.1, 0.15) is 6.92 Å². The van der Waals surface area contributed by atoms with E-state index in [1.54, 1.807) is 6.20 Å². The molecule has 4 aromatic rings. The first-order chi connectivity index (χ1) is 18.1. The molecule has 190 valence electrons. The van der Waals surface area contributed by atoms with Gasteiger partial charge in [-0.2, -0.15) is 4.98 Å². The Bertz CT molecular complexity index is 1450.